The summed E-state index contributed by atoms with van der Waals surface area (Å²) in [7, 11) is -2.69. The van der Waals surface area contributed by atoms with E-state index in [1.165, 1.54) is 24.1 Å². The van der Waals surface area contributed by atoms with Gasteiger partial charge in [-0.05, 0) is 73.0 Å². The van der Waals surface area contributed by atoms with Gasteiger partial charge in [-0.25, -0.2) is 8.42 Å². The number of halogens is 1. The minimum Gasteiger partial charge on any atom is -0.497 e. The highest BCUT2D eigenvalue weighted by Gasteiger charge is 2.35. The standard InChI is InChI=1S/C35H38BrN3O5S/c1-4-26(2)37-35(41)33(23-27-12-7-5-8-13-27)38(24-28-14-11-15-29(36)22-28)34(40)25-39(30-16-9-6-10-17-30)45(42,43)32-20-18-31(44-3)19-21-32/h5-22,26,33H,4,23-25H2,1-3H3,(H,37,41)/t26-,33+/m1/s1. The van der Waals surface area contributed by atoms with Crippen LogP contribution >= 0.6 is 15.9 Å². The highest BCUT2D eigenvalue weighted by molar-refractivity contribution is 9.10. The number of anilines is 1. The van der Waals surface area contributed by atoms with Crippen LogP contribution in [0.3, 0.4) is 0 Å². The van der Waals surface area contributed by atoms with Gasteiger partial charge in [0.1, 0.15) is 18.3 Å². The molecule has 0 saturated heterocycles. The molecule has 0 fully saturated rings. The Morgan fingerprint density at radius 2 is 1.49 bits per heavy atom. The number of rotatable bonds is 14. The largest absolute Gasteiger partial charge is 0.497 e. The molecule has 4 aromatic carbocycles. The quantitative estimate of drug-likeness (QED) is 0.170. The fourth-order valence-electron chi connectivity index (χ4n) is 4.82. The van der Waals surface area contributed by atoms with Crippen LogP contribution in [-0.2, 0) is 32.6 Å². The van der Waals surface area contributed by atoms with Crippen molar-refractivity contribution in [2.75, 3.05) is 18.0 Å². The van der Waals surface area contributed by atoms with E-state index in [1.807, 2.05) is 68.4 Å². The summed E-state index contributed by atoms with van der Waals surface area (Å²) in [5.74, 6) is -0.315. The van der Waals surface area contributed by atoms with Gasteiger partial charge in [0, 0.05) is 23.5 Å². The first-order valence-electron chi connectivity index (χ1n) is 14.7. The Labute approximate surface area is 274 Å². The second-order valence-corrected chi connectivity index (χ2v) is 13.5. The van der Waals surface area contributed by atoms with Crippen LogP contribution in [-0.4, -0.2) is 50.9 Å². The number of hydrogen-bond acceptors (Lipinski definition) is 5. The second kappa shape index (κ2) is 15.7. The van der Waals surface area contributed by atoms with Gasteiger partial charge in [0.25, 0.3) is 10.0 Å². The molecule has 0 saturated carbocycles. The number of nitrogens with zero attached hydrogens (tertiary/aromatic N) is 2. The third kappa shape index (κ3) is 8.95. The molecular weight excluding hydrogens is 654 g/mol. The number of para-hydroxylation sites is 1. The molecule has 10 heteroatoms. The summed E-state index contributed by atoms with van der Waals surface area (Å²) in [4.78, 5) is 29.9. The van der Waals surface area contributed by atoms with Gasteiger partial charge in [0.05, 0.1) is 17.7 Å². The van der Waals surface area contributed by atoms with Crippen LogP contribution in [0.15, 0.2) is 119 Å². The number of amides is 2. The van der Waals surface area contributed by atoms with Crippen molar-refractivity contribution in [2.24, 2.45) is 0 Å². The zero-order valence-corrected chi connectivity index (χ0v) is 28.0. The Bertz CT molecular complexity index is 1670. The van der Waals surface area contributed by atoms with Crippen molar-refractivity contribution in [2.45, 2.75) is 50.2 Å². The average Bonchev–Trinajstić information content (AvgIpc) is 3.05. The number of methoxy groups -OCH3 is 1. The summed E-state index contributed by atoms with van der Waals surface area (Å²) in [5, 5.41) is 3.05. The van der Waals surface area contributed by atoms with Gasteiger partial charge >= 0.3 is 0 Å². The van der Waals surface area contributed by atoms with Crippen LogP contribution in [0.5, 0.6) is 5.75 Å². The van der Waals surface area contributed by atoms with Gasteiger partial charge in [0.2, 0.25) is 11.8 Å². The zero-order valence-electron chi connectivity index (χ0n) is 25.6. The van der Waals surface area contributed by atoms with Gasteiger partial charge in [-0.3, -0.25) is 13.9 Å². The molecule has 4 aromatic rings. The lowest BCUT2D eigenvalue weighted by Crippen LogP contribution is -2.54. The fourth-order valence-corrected chi connectivity index (χ4v) is 6.69. The summed E-state index contributed by atoms with van der Waals surface area (Å²) in [5.41, 5.74) is 1.99. The number of nitrogens with one attached hydrogen (secondary N) is 1. The monoisotopic (exact) mass is 691 g/mol. The number of benzene rings is 4. The van der Waals surface area contributed by atoms with Gasteiger partial charge in [-0.1, -0.05) is 83.5 Å². The first-order chi connectivity index (χ1) is 21.6. The SMILES string of the molecule is CC[C@@H](C)NC(=O)[C@H](Cc1ccccc1)N(Cc1cccc(Br)c1)C(=O)CN(c1ccccc1)S(=O)(=O)c1ccc(OC)cc1. The topological polar surface area (TPSA) is 96.0 Å². The molecular formula is C35H38BrN3O5S. The number of hydrogen-bond donors (Lipinski definition) is 1. The molecule has 0 aliphatic rings. The maximum Gasteiger partial charge on any atom is 0.264 e. The van der Waals surface area contributed by atoms with Crippen molar-refractivity contribution in [3.8, 4) is 5.75 Å². The first kappa shape index (κ1) is 33.7. The van der Waals surface area contributed by atoms with E-state index in [4.69, 9.17) is 4.74 Å². The molecule has 0 bridgehead atoms. The Hall–Kier alpha value is -4.15. The normalized spacial score (nSPS) is 12.5. The summed E-state index contributed by atoms with van der Waals surface area (Å²) in [6.07, 6.45) is 0.963. The van der Waals surface area contributed by atoms with Crippen molar-refractivity contribution in [3.63, 3.8) is 0 Å². The van der Waals surface area contributed by atoms with Crippen LogP contribution < -0.4 is 14.4 Å². The van der Waals surface area contributed by atoms with E-state index in [9.17, 15) is 18.0 Å². The molecule has 0 radical (unpaired) electrons. The van der Waals surface area contributed by atoms with Crippen LogP contribution in [0.4, 0.5) is 5.69 Å². The van der Waals surface area contributed by atoms with Crippen molar-refractivity contribution in [1.82, 2.24) is 10.2 Å². The average molecular weight is 693 g/mol. The first-order valence-corrected chi connectivity index (χ1v) is 17.0. The van der Waals surface area contributed by atoms with E-state index in [-0.39, 0.29) is 29.8 Å². The number of carbonyl (C=O) groups is 2. The predicted octanol–water partition coefficient (Wildman–Crippen LogP) is 6.21. The number of sulfonamides is 1. The lowest BCUT2D eigenvalue weighted by molar-refractivity contribution is -0.140. The van der Waals surface area contributed by atoms with Crippen molar-refractivity contribution < 1.29 is 22.7 Å². The van der Waals surface area contributed by atoms with E-state index in [2.05, 4.69) is 21.2 Å². The highest BCUT2D eigenvalue weighted by Crippen LogP contribution is 2.26. The minimum atomic E-state index is -4.19. The van der Waals surface area contributed by atoms with Gasteiger partial charge in [-0.15, -0.1) is 0 Å². The van der Waals surface area contributed by atoms with E-state index in [1.54, 1.807) is 42.5 Å². The fraction of sp³-hybridized carbons (Fsp3) is 0.257. The lowest BCUT2D eigenvalue weighted by atomic mass is 10.0. The predicted molar refractivity (Wildman–Crippen MR) is 180 cm³/mol. The van der Waals surface area contributed by atoms with E-state index >= 15 is 0 Å². The summed E-state index contributed by atoms with van der Waals surface area (Å²) < 4.78 is 35.3. The molecule has 0 aliphatic carbocycles. The highest BCUT2D eigenvalue weighted by atomic mass is 79.9. The van der Waals surface area contributed by atoms with Gasteiger partial charge in [0.15, 0.2) is 0 Å². The zero-order chi connectivity index (χ0) is 32.4. The number of carbonyl (C=O) groups excluding carboxylic acids is 2. The Morgan fingerprint density at radius 1 is 0.867 bits per heavy atom. The molecule has 2 atom stereocenters. The molecule has 2 amide bonds. The molecule has 1 N–H and O–H groups in total. The minimum absolute atomic E-state index is 0.00819. The van der Waals surface area contributed by atoms with Crippen molar-refractivity contribution in [3.05, 3.63) is 125 Å². The van der Waals surface area contributed by atoms with E-state index in [0.717, 1.165) is 19.9 Å². The molecule has 8 nitrogen and oxygen atoms in total. The number of ether oxygens (including phenoxy) is 1. The Balaban J connectivity index is 1.79. The molecule has 45 heavy (non-hydrogen) atoms. The smallest absolute Gasteiger partial charge is 0.264 e. The maximum absolute atomic E-state index is 14.5. The summed E-state index contributed by atoms with van der Waals surface area (Å²) in [6, 6.07) is 30.5. The molecule has 0 spiro atoms. The van der Waals surface area contributed by atoms with Crippen LogP contribution in [0.1, 0.15) is 31.4 Å². The Morgan fingerprint density at radius 3 is 2.09 bits per heavy atom. The molecule has 0 aliphatic heterocycles. The van der Waals surface area contributed by atoms with E-state index < -0.39 is 28.5 Å². The third-order valence-corrected chi connectivity index (χ3v) is 9.77. The van der Waals surface area contributed by atoms with E-state index in [0.29, 0.717) is 17.9 Å². The van der Waals surface area contributed by atoms with Gasteiger partial charge in [-0.2, -0.15) is 0 Å². The Kier molecular flexibility index (Phi) is 11.8. The van der Waals surface area contributed by atoms with Crippen LogP contribution in [0, 0.1) is 0 Å². The molecule has 0 heterocycles. The van der Waals surface area contributed by atoms with Gasteiger partial charge < -0.3 is 15.0 Å². The molecule has 236 valence electrons. The lowest BCUT2D eigenvalue weighted by Gasteiger charge is -2.34. The summed E-state index contributed by atoms with van der Waals surface area (Å²) in [6.45, 7) is 3.46. The van der Waals surface area contributed by atoms with Crippen LogP contribution in [0.25, 0.3) is 0 Å². The molecule has 0 aromatic heterocycles. The van der Waals surface area contributed by atoms with Crippen molar-refractivity contribution >= 4 is 43.5 Å². The third-order valence-electron chi connectivity index (χ3n) is 7.48. The maximum atomic E-state index is 14.5. The molecule has 4 rings (SSSR count). The van der Waals surface area contributed by atoms with Crippen molar-refractivity contribution in [1.29, 1.82) is 0 Å². The van der Waals surface area contributed by atoms with Crippen LogP contribution in [0.2, 0.25) is 0 Å². The summed E-state index contributed by atoms with van der Waals surface area (Å²) >= 11 is 3.50. The molecule has 0 unspecified atom stereocenters. The second-order valence-electron chi connectivity index (χ2n) is 10.7.